The van der Waals surface area contributed by atoms with Gasteiger partial charge in [0.25, 0.3) is 0 Å². The standard InChI is InChI=1S/C13H18FNO3S/c1-17-13(16)12(15)9-19-8-10-3-2-4-11(7-10)18-6-5-14/h2-4,7,12H,5-6,8-9,15H2,1H3. The average Bonchev–Trinajstić information content (AvgIpc) is 2.44. The van der Waals surface area contributed by atoms with Gasteiger partial charge in [-0.1, -0.05) is 12.1 Å². The molecule has 0 fully saturated rings. The van der Waals surface area contributed by atoms with Crippen molar-refractivity contribution in [1.29, 1.82) is 0 Å². The SMILES string of the molecule is COC(=O)C(N)CSCc1cccc(OCCF)c1. The largest absolute Gasteiger partial charge is 0.491 e. The van der Waals surface area contributed by atoms with Crippen molar-refractivity contribution in [2.75, 3.05) is 26.1 Å². The van der Waals surface area contributed by atoms with Crippen LogP contribution in [0.4, 0.5) is 4.39 Å². The summed E-state index contributed by atoms with van der Waals surface area (Å²) in [5.74, 6) is 1.43. The van der Waals surface area contributed by atoms with Crippen LogP contribution in [-0.2, 0) is 15.3 Å². The van der Waals surface area contributed by atoms with Crippen molar-refractivity contribution in [1.82, 2.24) is 0 Å². The van der Waals surface area contributed by atoms with E-state index in [2.05, 4.69) is 4.74 Å². The Kier molecular flexibility index (Phi) is 7.28. The first kappa shape index (κ1) is 15.8. The van der Waals surface area contributed by atoms with E-state index in [1.54, 1.807) is 6.07 Å². The average molecular weight is 287 g/mol. The number of benzene rings is 1. The van der Waals surface area contributed by atoms with Crippen molar-refractivity contribution in [2.45, 2.75) is 11.8 Å². The van der Waals surface area contributed by atoms with Crippen molar-refractivity contribution in [2.24, 2.45) is 5.73 Å². The van der Waals surface area contributed by atoms with Gasteiger partial charge < -0.3 is 15.2 Å². The van der Waals surface area contributed by atoms with Crippen LogP contribution in [0.15, 0.2) is 24.3 Å². The van der Waals surface area contributed by atoms with Crippen LogP contribution in [0.3, 0.4) is 0 Å². The fourth-order valence-electron chi connectivity index (χ4n) is 1.40. The highest BCUT2D eigenvalue weighted by Gasteiger charge is 2.13. The molecule has 0 aromatic heterocycles. The summed E-state index contributed by atoms with van der Waals surface area (Å²) in [5, 5.41) is 0. The monoisotopic (exact) mass is 287 g/mol. The molecule has 0 amide bonds. The molecule has 19 heavy (non-hydrogen) atoms. The Morgan fingerprint density at radius 2 is 2.32 bits per heavy atom. The number of methoxy groups -OCH3 is 1. The predicted molar refractivity (Wildman–Crippen MR) is 74.1 cm³/mol. The van der Waals surface area contributed by atoms with E-state index in [1.165, 1.54) is 18.9 Å². The fraction of sp³-hybridized carbons (Fsp3) is 0.462. The molecule has 2 N–H and O–H groups in total. The zero-order valence-electron chi connectivity index (χ0n) is 10.8. The molecule has 0 radical (unpaired) electrons. The summed E-state index contributed by atoms with van der Waals surface area (Å²) >= 11 is 1.54. The van der Waals surface area contributed by atoms with Gasteiger partial charge in [0.15, 0.2) is 0 Å². The van der Waals surface area contributed by atoms with Gasteiger partial charge in [-0.3, -0.25) is 4.79 Å². The first-order valence-electron chi connectivity index (χ1n) is 5.86. The number of hydrogen-bond donors (Lipinski definition) is 1. The molecule has 106 valence electrons. The lowest BCUT2D eigenvalue weighted by Gasteiger charge is -2.09. The van der Waals surface area contributed by atoms with Crippen LogP contribution in [0.2, 0.25) is 0 Å². The van der Waals surface area contributed by atoms with Crippen molar-refractivity contribution in [3.05, 3.63) is 29.8 Å². The Morgan fingerprint density at radius 3 is 3.00 bits per heavy atom. The van der Waals surface area contributed by atoms with E-state index >= 15 is 0 Å². The summed E-state index contributed by atoms with van der Waals surface area (Å²) in [4.78, 5) is 11.1. The second kappa shape index (κ2) is 8.77. The van der Waals surface area contributed by atoms with Gasteiger partial charge in [-0.05, 0) is 17.7 Å². The summed E-state index contributed by atoms with van der Waals surface area (Å²) in [5.41, 5.74) is 6.67. The summed E-state index contributed by atoms with van der Waals surface area (Å²) in [7, 11) is 1.32. The molecular formula is C13H18FNO3S. The highest BCUT2D eigenvalue weighted by atomic mass is 32.2. The van der Waals surface area contributed by atoms with Gasteiger partial charge in [-0.25, -0.2) is 4.39 Å². The van der Waals surface area contributed by atoms with E-state index in [0.29, 0.717) is 17.3 Å². The second-order valence-electron chi connectivity index (χ2n) is 3.83. The van der Waals surface area contributed by atoms with Crippen molar-refractivity contribution in [3.8, 4) is 5.75 Å². The molecule has 0 heterocycles. The quantitative estimate of drug-likeness (QED) is 0.738. The number of rotatable bonds is 8. The van der Waals surface area contributed by atoms with Gasteiger partial charge in [-0.2, -0.15) is 11.8 Å². The highest BCUT2D eigenvalue weighted by Crippen LogP contribution is 2.18. The van der Waals surface area contributed by atoms with Crippen molar-refractivity contribution < 1.29 is 18.7 Å². The molecule has 4 nitrogen and oxygen atoms in total. The number of esters is 1. The van der Waals surface area contributed by atoms with E-state index in [9.17, 15) is 9.18 Å². The zero-order chi connectivity index (χ0) is 14.1. The van der Waals surface area contributed by atoms with Crippen molar-refractivity contribution in [3.63, 3.8) is 0 Å². The minimum atomic E-state index is -0.610. The molecule has 0 aliphatic heterocycles. The molecule has 0 saturated heterocycles. The first-order chi connectivity index (χ1) is 9.17. The van der Waals surface area contributed by atoms with Crippen LogP contribution < -0.4 is 10.5 Å². The summed E-state index contributed by atoms with van der Waals surface area (Å²) in [6.45, 7) is -0.448. The lowest BCUT2D eigenvalue weighted by molar-refractivity contribution is -0.141. The van der Waals surface area contributed by atoms with E-state index in [-0.39, 0.29) is 6.61 Å². The number of thioether (sulfide) groups is 1. The van der Waals surface area contributed by atoms with Gasteiger partial charge >= 0.3 is 5.97 Å². The molecule has 1 rings (SSSR count). The third-order valence-electron chi connectivity index (χ3n) is 2.31. The maximum atomic E-state index is 12.0. The normalized spacial score (nSPS) is 11.9. The third kappa shape index (κ3) is 5.94. The summed E-state index contributed by atoms with van der Waals surface area (Å²) in [6.07, 6.45) is 0. The van der Waals surface area contributed by atoms with Gasteiger partial charge in [0.1, 0.15) is 25.1 Å². The molecule has 0 aliphatic rings. The van der Waals surface area contributed by atoms with E-state index < -0.39 is 18.7 Å². The Hall–Kier alpha value is -1.27. The maximum Gasteiger partial charge on any atom is 0.323 e. The smallest absolute Gasteiger partial charge is 0.323 e. The molecule has 6 heteroatoms. The first-order valence-corrected chi connectivity index (χ1v) is 7.01. The predicted octanol–water partition coefficient (Wildman–Crippen LogP) is 1.77. The molecule has 1 aromatic carbocycles. The Morgan fingerprint density at radius 1 is 1.53 bits per heavy atom. The molecule has 1 atom stereocenters. The van der Waals surface area contributed by atoms with Gasteiger partial charge in [0.2, 0.25) is 0 Å². The molecule has 0 saturated carbocycles. The van der Waals surface area contributed by atoms with Crippen molar-refractivity contribution >= 4 is 17.7 Å². The number of nitrogens with two attached hydrogens (primary N) is 1. The van der Waals surface area contributed by atoms with Crippen LogP contribution in [0, 0.1) is 0 Å². The number of carbonyl (C=O) groups excluding carboxylic acids is 1. The second-order valence-corrected chi connectivity index (χ2v) is 4.86. The lowest BCUT2D eigenvalue weighted by Crippen LogP contribution is -2.33. The number of ether oxygens (including phenoxy) is 2. The lowest BCUT2D eigenvalue weighted by atomic mass is 10.2. The van der Waals surface area contributed by atoms with Crippen LogP contribution >= 0.6 is 11.8 Å². The third-order valence-corrected chi connectivity index (χ3v) is 3.45. The topological polar surface area (TPSA) is 61.5 Å². The minimum Gasteiger partial charge on any atom is -0.491 e. The number of halogens is 1. The Balaban J connectivity index is 2.38. The Bertz CT molecular complexity index is 403. The molecule has 0 aliphatic carbocycles. The Labute approximate surface area is 116 Å². The number of hydrogen-bond acceptors (Lipinski definition) is 5. The number of carbonyl (C=O) groups is 1. The van der Waals surface area contributed by atoms with Gasteiger partial charge in [-0.15, -0.1) is 0 Å². The summed E-state index contributed by atoms with van der Waals surface area (Å²) < 4.78 is 21.7. The van der Waals surface area contributed by atoms with Gasteiger partial charge in [0.05, 0.1) is 7.11 Å². The van der Waals surface area contributed by atoms with E-state index in [1.807, 2.05) is 18.2 Å². The highest BCUT2D eigenvalue weighted by molar-refractivity contribution is 7.98. The van der Waals surface area contributed by atoms with E-state index in [4.69, 9.17) is 10.5 Å². The molecule has 0 spiro atoms. The zero-order valence-corrected chi connectivity index (χ0v) is 11.6. The minimum absolute atomic E-state index is 0.0593. The van der Waals surface area contributed by atoms with Gasteiger partial charge in [0, 0.05) is 11.5 Å². The van der Waals surface area contributed by atoms with E-state index in [0.717, 1.165) is 5.56 Å². The maximum absolute atomic E-state index is 12.0. The summed E-state index contributed by atoms with van der Waals surface area (Å²) in [6, 6.07) is 6.82. The van der Waals surface area contributed by atoms with Crippen LogP contribution in [0.5, 0.6) is 5.75 Å². The molecule has 0 bridgehead atoms. The number of alkyl halides is 1. The van der Waals surface area contributed by atoms with Crippen LogP contribution in [-0.4, -0.2) is 38.2 Å². The molecular weight excluding hydrogens is 269 g/mol. The van der Waals surface area contributed by atoms with Crippen LogP contribution in [0.1, 0.15) is 5.56 Å². The molecule has 1 unspecified atom stereocenters. The molecule has 1 aromatic rings. The fourth-order valence-corrected chi connectivity index (χ4v) is 2.33. The van der Waals surface area contributed by atoms with Crippen LogP contribution in [0.25, 0.3) is 0 Å².